The first-order chi connectivity index (χ1) is 16.6. The zero-order valence-electron chi connectivity index (χ0n) is 20.3. The Morgan fingerprint density at radius 2 is 0.949 bits per heavy atom. The summed E-state index contributed by atoms with van der Waals surface area (Å²) >= 11 is 0. The van der Waals surface area contributed by atoms with Crippen LogP contribution < -0.4 is 121 Å². The molecule has 0 saturated heterocycles. The maximum absolute atomic E-state index is 12.7. The topological polar surface area (TPSA) is 255 Å². The Morgan fingerprint density at radius 1 is 0.564 bits per heavy atom. The second kappa shape index (κ2) is 14.9. The van der Waals surface area contributed by atoms with Crippen LogP contribution in [-0.2, 0) is 30.4 Å². The van der Waals surface area contributed by atoms with Gasteiger partial charge in [-0.3, -0.25) is 20.4 Å². The van der Waals surface area contributed by atoms with Crippen molar-refractivity contribution >= 4 is 41.7 Å². The standard InChI is InChI=1S/C18H14N4O11S3.3Na/c23-17-14(21-19-10-1-5-12(6-2-10)34(25,26)27)9-15(36(31,32)33)18(24)16(17)22-20-11-3-7-13(8-4-11)35(28,29)30;;;/h1-9,19-20H,(H,25,26,27)(H,28,29,30)(H,31,32,33);;;/q;3*+1/p-3/b21-14-,22-16-;;;. The van der Waals surface area contributed by atoms with Crippen LogP contribution in [0.15, 0.2) is 89.1 Å². The van der Waals surface area contributed by atoms with E-state index in [0.29, 0.717) is 6.07 Å². The minimum absolute atomic E-state index is 0. The molecule has 0 heterocycles. The predicted molar refractivity (Wildman–Crippen MR) is 116 cm³/mol. The van der Waals surface area contributed by atoms with Gasteiger partial charge in [0, 0.05) is 0 Å². The van der Waals surface area contributed by atoms with Gasteiger partial charge in [-0.15, -0.1) is 0 Å². The maximum Gasteiger partial charge on any atom is 1.00 e. The summed E-state index contributed by atoms with van der Waals surface area (Å²) in [5, 5.41) is 5.32. The molecule has 0 amide bonds. The summed E-state index contributed by atoms with van der Waals surface area (Å²) < 4.78 is 100. The van der Waals surface area contributed by atoms with Crippen LogP contribution in [0.5, 0.6) is 0 Å². The van der Waals surface area contributed by atoms with Crippen molar-refractivity contribution in [3.05, 3.63) is 85.8 Å². The van der Waals surface area contributed by atoms with Gasteiger partial charge in [-0.25, -0.2) is 25.3 Å². The van der Waals surface area contributed by atoms with Gasteiger partial charge in [-0.1, -0.05) is 0 Å². The summed E-state index contributed by atoms with van der Waals surface area (Å²) in [5.41, 5.74) is 1.76. The molecule has 0 radical (unpaired) electrons. The molecule has 190 valence electrons. The fourth-order valence-electron chi connectivity index (χ4n) is 2.60. The molecule has 3 aromatic carbocycles. The molecule has 0 fully saturated rings. The first kappa shape index (κ1) is 38.2. The molecule has 15 nitrogen and oxygen atoms in total. The SMILES string of the molecule is O=c1c(S(=O)(=O)[O-])c/c(=N/Nc2ccc(S(=O)(=O)[O-])cc2)c(=O)/c1=N/Nc1ccc(S(=O)(=O)[O-])cc1.[Na+].[Na+].[Na+]. The second-order valence-electron chi connectivity index (χ2n) is 6.76. The molecule has 0 spiro atoms. The predicted octanol–water partition coefficient (Wildman–Crippen LogP) is -11.1. The minimum Gasteiger partial charge on any atom is -0.744 e. The molecule has 0 saturated carbocycles. The molecule has 0 aliphatic rings. The zero-order chi connectivity index (χ0) is 26.9. The summed E-state index contributed by atoms with van der Waals surface area (Å²) in [7, 11) is -14.9. The van der Waals surface area contributed by atoms with Gasteiger partial charge in [0.15, 0.2) is 5.36 Å². The third-order valence-corrected chi connectivity index (χ3v) is 6.85. The molecule has 0 bridgehead atoms. The minimum atomic E-state index is -5.38. The number of nitrogens with one attached hydrogen (secondary N) is 2. The van der Waals surface area contributed by atoms with E-state index in [4.69, 9.17) is 0 Å². The molecule has 0 aromatic heterocycles. The normalized spacial score (nSPS) is 12.5. The summed E-state index contributed by atoms with van der Waals surface area (Å²) in [6, 6.07) is 8.43. The summed E-state index contributed by atoms with van der Waals surface area (Å²) in [4.78, 5) is 22.6. The first-order valence-corrected chi connectivity index (χ1v) is 13.4. The van der Waals surface area contributed by atoms with Gasteiger partial charge in [0.2, 0.25) is 10.9 Å². The summed E-state index contributed by atoms with van der Waals surface area (Å²) in [6.07, 6.45) is 0. The van der Waals surface area contributed by atoms with Crippen molar-refractivity contribution in [1.82, 2.24) is 0 Å². The van der Waals surface area contributed by atoms with E-state index in [2.05, 4.69) is 21.1 Å². The third kappa shape index (κ3) is 10.2. The van der Waals surface area contributed by atoms with Crippen LogP contribution in [0.25, 0.3) is 0 Å². The van der Waals surface area contributed by atoms with Crippen molar-refractivity contribution in [2.45, 2.75) is 14.7 Å². The van der Waals surface area contributed by atoms with E-state index in [1.807, 2.05) is 0 Å². The van der Waals surface area contributed by atoms with Crippen LogP contribution in [0, 0.1) is 0 Å². The van der Waals surface area contributed by atoms with E-state index in [1.54, 1.807) is 0 Å². The Balaban J connectivity index is 0.00000481. The molecule has 0 atom stereocenters. The van der Waals surface area contributed by atoms with E-state index in [1.165, 1.54) is 0 Å². The van der Waals surface area contributed by atoms with E-state index < -0.39 is 66.6 Å². The van der Waals surface area contributed by atoms with Crippen LogP contribution in [-0.4, -0.2) is 38.9 Å². The fourth-order valence-corrected chi connectivity index (χ4v) is 4.12. The molecule has 0 aliphatic carbocycles. The molecule has 39 heavy (non-hydrogen) atoms. The quantitative estimate of drug-likeness (QED) is 0.141. The number of rotatable bonds is 7. The molecule has 3 aromatic rings. The van der Waals surface area contributed by atoms with Gasteiger partial charge in [0.25, 0.3) is 0 Å². The number of benzene rings is 3. The van der Waals surface area contributed by atoms with Crippen molar-refractivity contribution in [2.24, 2.45) is 10.2 Å². The van der Waals surface area contributed by atoms with Crippen LogP contribution in [0.1, 0.15) is 0 Å². The molecule has 2 N–H and O–H groups in total. The molecular formula is C18H11N4Na3O11S3. The average Bonchev–Trinajstić information content (AvgIpc) is 2.77. The van der Waals surface area contributed by atoms with Gasteiger partial charge in [0.1, 0.15) is 40.6 Å². The summed E-state index contributed by atoms with van der Waals surface area (Å²) in [6.45, 7) is 0. The Kier molecular flexibility index (Phi) is 14.6. The van der Waals surface area contributed by atoms with Crippen molar-refractivity contribution in [1.29, 1.82) is 0 Å². The number of anilines is 2. The van der Waals surface area contributed by atoms with Crippen LogP contribution in [0.2, 0.25) is 0 Å². The molecular weight excluding hydrogens is 613 g/mol. The van der Waals surface area contributed by atoms with E-state index in [-0.39, 0.29) is 100 Å². The number of hydrogen-bond acceptors (Lipinski definition) is 15. The van der Waals surface area contributed by atoms with Gasteiger partial charge >= 0.3 is 88.7 Å². The van der Waals surface area contributed by atoms with Crippen LogP contribution in [0.4, 0.5) is 11.4 Å². The largest absolute Gasteiger partial charge is 1.00 e. The van der Waals surface area contributed by atoms with E-state index >= 15 is 0 Å². The fraction of sp³-hybridized carbons (Fsp3) is 0. The molecule has 0 aliphatic heterocycles. The smallest absolute Gasteiger partial charge is 0.744 e. The zero-order valence-corrected chi connectivity index (χ0v) is 28.8. The Bertz CT molecular complexity index is 1890. The third-order valence-electron chi connectivity index (χ3n) is 4.31. The second-order valence-corrected chi connectivity index (χ2v) is 10.9. The van der Waals surface area contributed by atoms with Crippen LogP contribution in [0.3, 0.4) is 0 Å². The van der Waals surface area contributed by atoms with Crippen LogP contribution >= 0.6 is 0 Å². The van der Waals surface area contributed by atoms with E-state index in [9.17, 15) is 48.5 Å². The monoisotopic (exact) mass is 624 g/mol. The molecule has 21 heteroatoms. The van der Waals surface area contributed by atoms with Gasteiger partial charge in [-0.2, -0.15) is 10.2 Å². The number of nitrogens with zero attached hydrogens (tertiary/aromatic N) is 2. The van der Waals surface area contributed by atoms with Crippen molar-refractivity contribution < 1.29 is 128 Å². The summed E-state index contributed by atoms with van der Waals surface area (Å²) in [5.74, 6) is 0. The van der Waals surface area contributed by atoms with Crippen molar-refractivity contribution in [2.75, 3.05) is 10.9 Å². The molecule has 3 rings (SSSR count). The van der Waals surface area contributed by atoms with Crippen molar-refractivity contribution in [3.8, 4) is 0 Å². The van der Waals surface area contributed by atoms with E-state index in [0.717, 1.165) is 48.5 Å². The first-order valence-electron chi connectivity index (χ1n) is 9.14. The average molecular weight is 624 g/mol. The van der Waals surface area contributed by atoms with Gasteiger partial charge in [0.05, 0.1) is 21.2 Å². The van der Waals surface area contributed by atoms with Gasteiger partial charge < -0.3 is 13.7 Å². The number of hydrogen-bond donors (Lipinski definition) is 2. The maximum atomic E-state index is 12.7. The Morgan fingerprint density at radius 3 is 1.31 bits per heavy atom. The van der Waals surface area contributed by atoms with Gasteiger partial charge in [-0.05, 0) is 54.6 Å². The Labute approximate surface area is 287 Å². The van der Waals surface area contributed by atoms with Crippen molar-refractivity contribution in [3.63, 3.8) is 0 Å². The molecule has 0 unspecified atom stereocenters. The Hall–Kier alpha value is -0.810.